The van der Waals surface area contributed by atoms with Gasteiger partial charge in [0.15, 0.2) is 0 Å². The van der Waals surface area contributed by atoms with E-state index in [1.165, 1.54) is 0 Å². The first-order chi connectivity index (χ1) is 6.88. The molecule has 0 aliphatic carbocycles. The van der Waals surface area contributed by atoms with Crippen LogP contribution in [0, 0.1) is 11.8 Å². The first-order valence-electron chi connectivity index (χ1n) is 4.70. The Kier molecular flexibility index (Phi) is 4.66. The summed E-state index contributed by atoms with van der Waals surface area (Å²) in [5, 5.41) is 3.23. The Labute approximate surface area is 85.0 Å². The van der Waals surface area contributed by atoms with Crippen LogP contribution in [0.1, 0.15) is 31.4 Å². The summed E-state index contributed by atoms with van der Waals surface area (Å²) in [5.74, 6) is 5.94. The molecular weight excluding hydrogens is 174 g/mol. The quantitative estimate of drug-likeness (QED) is 0.730. The molecule has 0 aliphatic heterocycles. The lowest BCUT2D eigenvalue weighted by molar-refractivity contribution is 0.554. The summed E-state index contributed by atoms with van der Waals surface area (Å²) < 4.78 is 0. The van der Waals surface area contributed by atoms with Gasteiger partial charge >= 0.3 is 0 Å². The molecule has 0 aromatic carbocycles. The maximum atomic E-state index is 3.99. The van der Waals surface area contributed by atoms with Gasteiger partial charge in [-0.3, -0.25) is 0 Å². The molecular formula is C11H15N3. The van der Waals surface area contributed by atoms with Gasteiger partial charge in [0.25, 0.3) is 0 Å². The summed E-state index contributed by atoms with van der Waals surface area (Å²) in [5.41, 5.74) is 1.12. The van der Waals surface area contributed by atoms with Crippen molar-refractivity contribution in [2.45, 2.75) is 25.8 Å². The number of nitrogens with zero attached hydrogens (tertiary/aromatic N) is 2. The highest BCUT2D eigenvalue weighted by Gasteiger charge is 2.07. The molecule has 0 fully saturated rings. The van der Waals surface area contributed by atoms with Crippen molar-refractivity contribution in [1.82, 2.24) is 15.3 Å². The largest absolute Gasteiger partial charge is 0.313 e. The van der Waals surface area contributed by atoms with Gasteiger partial charge in [0, 0.05) is 30.4 Å². The van der Waals surface area contributed by atoms with Gasteiger partial charge in [-0.05, 0) is 20.4 Å². The number of rotatable bonds is 4. The van der Waals surface area contributed by atoms with Crippen LogP contribution in [-0.4, -0.2) is 17.0 Å². The van der Waals surface area contributed by atoms with E-state index in [1.807, 2.05) is 26.4 Å². The van der Waals surface area contributed by atoms with Crippen molar-refractivity contribution in [3.05, 3.63) is 24.3 Å². The second kappa shape index (κ2) is 6.11. The normalized spacial score (nSPS) is 11.6. The van der Waals surface area contributed by atoms with Crippen LogP contribution in [0.5, 0.6) is 0 Å². The third-order valence-electron chi connectivity index (χ3n) is 2.07. The highest BCUT2D eigenvalue weighted by molar-refractivity contribution is 5.09. The van der Waals surface area contributed by atoms with E-state index in [4.69, 9.17) is 0 Å². The van der Waals surface area contributed by atoms with Crippen molar-refractivity contribution in [2.24, 2.45) is 0 Å². The molecule has 74 valence electrons. The van der Waals surface area contributed by atoms with Crippen molar-refractivity contribution in [1.29, 1.82) is 0 Å². The fraction of sp³-hybridized carbons (Fsp3) is 0.455. The molecule has 1 atom stereocenters. The lowest BCUT2D eigenvalue weighted by Crippen LogP contribution is -2.16. The number of nitrogens with one attached hydrogen (secondary N) is 1. The lowest BCUT2D eigenvalue weighted by atomic mass is 10.1. The molecule has 3 nitrogen and oxygen atoms in total. The van der Waals surface area contributed by atoms with Crippen LogP contribution >= 0.6 is 0 Å². The fourth-order valence-electron chi connectivity index (χ4n) is 1.31. The molecule has 1 heterocycles. The Bertz CT molecular complexity index is 310. The van der Waals surface area contributed by atoms with Gasteiger partial charge in [-0.25, -0.2) is 9.97 Å². The maximum absolute atomic E-state index is 3.99. The van der Waals surface area contributed by atoms with Crippen molar-refractivity contribution >= 4 is 0 Å². The van der Waals surface area contributed by atoms with Crippen molar-refractivity contribution < 1.29 is 0 Å². The monoisotopic (exact) mass is 189 g/mol. The Morgan fingerprint density at radius 1 is 1.43 bits per heavy atom. The second-order valence-corrected chi connectivity index (χ2v) is 2.98. The van der Waals surface area contributed by atoms with Crippen LogP contribution in [0.15, 0.2) is 18.7 Å². The Morgan fingerprint density at radius 2 is 2.14 bits per heavy atom. The number of hydrogen-bond acceptors (Lipinski definition) is 3. The molecule has 0 radical (unpaired) electrons. The first-order valence-corrected chi connectivity index (χ1v) is 4.70. The third kappa shape index (κ3) is 3.15. The molecule has 3 heteroatoms. The van der Waals surface area contributed by atoms with E-state index < -0.39 is 0 Å². The number of hydrogen-bond donors (Lipinski definition) is 1. The van der Waals surface area contributed by atoms with Gasteiger partial charge in [-0.15, -0.1) is 11.8 Å². The van der Waals surface area contributed by atoms with E-state index in [0.29, 0.717) is 6.04 Å². The second-order valence-electron chi connectivity index (χ2n) is 2.98. The minimum Gasteiger partial charge on any atom is -0.313 e. The minimum absolute atomic E-state index is 0.303. The average Bonchev–Trinajstić information content (AvgIpc) is 2.26. The molecule has 0 amide bonds. The van der Waals surface area contributed by atoms with E-state index in [1.54, 1.807) is 6.33 Å². The van der Waals surface area contributed by atoms with E-state index in [9.17, 15) is 0 Å². The first kappa shape index (κ1) is 10.7. The summed E-state index contributed by atoms with van der Waals surface area (Å²) in [4.78, 5) is 7.99. The Morgan fingerprint density at radius 3 is 2.71 bits per heavy atom. The molecule has 1 aromatic heterocycles. The molecule has 14 heavy (non-hydrogen) atoms. The van der Waals surface area contributed by atoms with Crippen LogP contribution in [0.3, 0.4) is 0 Å². The number of aromatic nitrogens is 2. The molecule has 0 aliphatic rings. The van der Waals surface area contributed by atoms with E-state index in [0.717, 1.165) is 18.4 Å². The highest BCUT2D eigenvalue weighted by Crippen LogP contribution is 2.15. The highest BCUT2D eigenvalue weighted by atomic mass is 14.9. The minimum atomic E-state index is 0.303. The van der Waals surface area contributed by atoms with Gasteiger partial charge in [0.1, 0.15) is 6.33 Å². The van der Waals surface area contributed by atoms with Gasteiger partial charge < -0.3 is 5.32 Å². The van der Waals surface area contributed by atoms with E-state index in [-0.39, 0.29) is 0 Å². The molecule has 1 aromatic rings. The van der Waals surface area contributed by atoms with E-state index in [2.05, 4.69) is 27.1 Å². The van der Waals surface area contributed by atoms with Crippen LogP contribution in [0.2, 0.25) is 0 Å². The molecule has 1 N–H and O–H groups in total. The summed E-state index contributed by atoms with van der Waals surface area (Å²) in [6.07, 6.45) is 7.12. The molecule has 1 unspecified atom stereocenters. The predicted octanol–water partition coefficient (Wildman–Crippen LogP) is 1.54. The molecule has 0 spiro atoms. The molecule has 1 rings (SSSR count). The zero-order chi connectivity index (χ0) is 10.2. The predicted molar refractivity (Wildman–Crippen MR) is 56.5 cm³/mol. The zero-order valence-corrected chi connectivity index (χ0v) is 8.62. The smallest absolute Gasteiger partial charge is 0.115 e. The van der Waals surface area contributed by atoms with Crippen LogP contribution < -0.4 is 5.32 Å². The van der Waals surface area contributed by atoms with Crippen molar-refractivity contribution in [2.75, 3.05) is 7.05 Å². The molecule has 0 saturated carbocycles. The maximum Gasteiger partial charge on any atom is 0.115 e. The SMILES string of the molecule is CC#CCCC(NC)c1cncnc1. The lowest BCUT2D eigenvalue weighted by Gasteiger charge is -2.13. The summed E-state index contributed by atoms with van der Waals surface area (Å²) >= 11 is 0. The molecule has 0 saturated heterocycles. The fourth-order valence-corrected chi connectivity index (χ4v) is 1.31. The Balaban J connectivity index is 2.57. The van der Waals surface area contributed by atoms with E-state index >= 15 is 0 Å². The third-order valence-corrected chi connectivity index (χ3v) is 2.07. The summed E-state index contributed by atoms with van der Waals surface area (Å²) in [7, 11) is 1.94. The van der Waals surface area contributed by atoms with Crippen LogP contribution in [0.25, 0.3) is 0 Å². The topological polar surface area (TPSA) is 37.8 Å². The van der Waals surface area contributed by atoms with Gasteiger partial charge in [-0.1, -0.05) is 0 Å². The van der Waals surface area contributed by atoms with Crippen molar-refractivity contribution in [3.63, 3.8) is 0 Å². The van der Waals surface area contributed by atoms with Crippen molar-refractivity contribution in [3.8, 4) is 11.8 Å². The Hall–Kier alpha value is -1.40. The zero-order valence-electron chi connectivity index (χ0n) is 8.62. The van der Waals surface area contributed by atoms with Crippen LogP contribution in [-0.2, 0) is 0 Å². The van der Waals surface area contributed by atoms with Gasteiger partial charge in [0.05, 0.1) is 0 Å². The average molecular weight is 189 g/mol. The van der Waals surface area contributed by atoms with Gasteiger partial charge in [0.2, 0.25) is 0 Å². The standard InChI is InChI=1S/C11H15N3/c1-3-4-5-6-11(12-2)10-7-13-9-14-8-10/h7-9,11-12H,5-6H2,1-2H3. The summed E-state index contributed by atoms with van der Waals surface area (Å²) in [6, 6.07) is 0.303. The van der Waals surface area contributed by atoms with Gasteiger partial charge in [-0.2, -0.15) is 0 Å². The molecule has 0 bridgehead atoms. The summed E-state index contributed by atoms with van der Waals surface area (Å²) in [6.45, 7) is 1.86. The van der Waals surface area contributed by atoms with Crippen LogP contribution in [0.4, 0.5) is 0 Å².